The van der Waals surface area contributed by atoms with E-state index in [4.69, 9.17) is 18.9 Å². The van der Waals surface area contributed by atoms with Crippen LogP contribution in [0.5, 0.6) is 0 Å². The van der Waals surface area contributed by atoms with Crippen molar-refractivity contribution in [2.24, 2.45) is 0 Å². The summed E-state index contributed by atoms with van der Waals surface area (Å²) in [6, 6.07) is 46.3. The normalized spacial score (nSPS) is 12.3. The van der Waals surface area contributed by atoms with Crippen LogP contribution in [0.3, 0.4) is 0 Å². The van der Waals surface area contributed by atoms with Crippen LogP contribution in [0.2, 0.25) is 0 Å². The predicted octanol–water partition coefficient (Wildman–Crippen LogP) is 9.15. The molecular weight excluding hydrogens is 757 g/mol. The average molecular weight is 799 g/mol. The third-order valence-corrected chi connectivity index (χ3v) is 10.4. The highest BCUT2D eigenvalue weighted by atomic mass is 16.5. The molecule has 0 atom stereocenters. The summed E-state index contributed by atoms with van der Waals surface area (Å²) in [5.74, 6) is -3.80. The van der Waals surface area contributed by atoms with Gasteiger partial charge in [-0.05, 0) is 33.4 Å². The van der Waals surface area contributed by atoms with Crippen LogP contribution in [-0.4, -0.2) is 40.3 Å². The monoisotopic (exact) mass is 798 g/mol. The summed E-state index contributed by atoms with van der Waals surface area (Å²) in [4.78, 5) is 64.6. The zero-order valence-electron chi connectivity index (χ0n) is 32.8. The maximum absolute atomic E-state index is 14.8. The lowest BCUT2D eigenvalue weighted by atomic mass is 9.89. The summed E-state index contributed by atoms with van der Waals surface area (Å²) in [5.41, 5.74) is 4.13. The molecule has 0 fully saturated rings. The Hall–Kier alpha value is -7.30. The van der Waals surface area contributed by atoms with Crippen molar-refractivity contribution in [3.8, 4) is 0 Å². The van der Waals surface area contributed by atoms with Crippen molar-refractivity contribution in [2.45, 2.75) is 45.9 Å². The van der Waals surface area contributed by atoms with Crippen molar-refractivity contribution in [3.05, 3.63) is 213 Å². The van der Waals surface area contributed by atoms with E-state index < -0.39 is 35.0 Å². The minimum atomic E-state index is -1.02. The standard InChI is InChI=1S/C50H42N2O8/c53-47(57-30-35-18-8-2-9-19-35)42-41-39-29-52(28-34-16-6-1-7-17-34)27-26-40(39)51-46(41)45(50(56)60-33-38-24-14-5-15-25-38)44(49(55)59-32-37-22-12-4-13-23-37)43(42)48(54)58-31-36-20-10-3-11-21-36/h1-25,51H,26-33H2. The van der Waals surface area contributed by atoms with E-state index in [9.17, 15) is 19.2 Å². The zero-order chi connectivity index (χ0) is 41.3. The second-order valence-electron chi connectivity index (χ2n) is 14.5. The van der Waals surface area contributed by atoms with E-state index >= 15 is 0 Å². The molecule has 0 aliphatic carbocycles. The van der Waals surface area contributed by atoms with Gasteiger partial charge >= 0.3 is 23.9 Å². The smallest absolute Gasteiger partial charge is 0.341 e. The van der Waals surface area contributed by atoms with Gasteiger partial charge in [-0.3, -0.25) is 4.90 Å². The van der Waals surface area contributed by atoms with Crippen LogP contribution in [0.4, 0.5) is 0 Å². The number of carbonyl (C=O) groups is 4. The zero-order valence-corrected chi connectivity index (χ0v) is 32.8. The summed E-state index contributed by atoms with van der Waals surface area (Å²) < 4.78 is 23.7. The van der Waals surface area contributed by atoms with E-state index in [0.29, 0.717) is 53.9 Å². The fourth-order valence-electron chi connectivity index (χ4n) is 7.49. The minimum Gasteiger partial charge on any atom is -0.457 e. The van der Waals surface area contributed by atoms with Gasteiger partial charge in [-0.1, -0.05) is 152 Å². The van der Waals surface area contributed by atoms with Gasteiger partial charge in [-0.2, -0.15) is 0 Å². The Bertz CT molecular complexity index is 2610. The number of esters is 4. The number of ether oxygens (including phenoxy) is 4. The van der Waals surface area contributed by atoms with Gasteiger partial charge < -0.3 is 23.9 Å². The average Bonchev–Trinajstić information content (AvgIpc) is 3.67. The van der Waals surface area contributed by atoms with Crippen LogP contribution < -0.4 is 0 Å². The molecule has 1 aliphatic rings. The lowest BCUT2D eigenvalue weighted by Crippen LogP contribution is -2.30. The fourth-order valence-corrected chi connectivity index (χ4v) is 7.49. The topological polar surface area (TPSA) is 124 Å². The molecule has 0 radical (unpaired) electrons. The summed E-state index contributed by atoms with van der Waals surface area (Å²) in [6.07, 6.45) is 0.523. The van der Waals surface area contributed by atoms with Crippen LogP contribution in [0.1, 0.15) is 80.5 Å². The molecule has 1 N–H and O–H groups in total. The SMILES string of the molecule is O=C(OCc1ccccc1)c1c(C(=O)OCc2ccccc2)c(C(=O)OCc2ccccc2)c2c3c([nH]c2c1C(=O)OCc1ccccc1)CCN(Cc1ccccc1)C3. The molecule has 2 heterocycles. The molecule has 10 heteroatoms. The van der Waals surface area contributed by atoms with Crippen LogP contribution in [0.25, 0.3) is 10.9 Å². The number of rotatable bonds is 14. The van der Waals surface area contributed by atoms with Gasteiger partial charge in [0.2, 0.25) is 0 Å². The van der Waals surface area contributed by atoms with Crippen LogP contribution >= 0.6 is 0 Å². The van der Waals surface area contributed by atoms with Gasteiger partial charge in [-0.25, -0.2) is 19.2 Å². The second kappa shape index (κ2) is 18.5. The fraction of sp³-hybridized carbons (Fsp3) is 0.160. The highest BCUT2D eigenvalue weighted by Crippen LogP contribution is 2.39. The molecule has 300 valence electrons. The molecule has 0 amide bonds. The Balaban J connectivity index is 1.33. The number of aromatic amines is 1. The maximum atomic E-state index is 14.8. The summed E-state index contributed by atoms with van der Waals surface area (Å²) in [5, 5.41) is 0.277. The van der Waals surface area contributed by atoms with Gasteiger partial charge in [0.15, 0.2) is 0 Å². The molecule has 10 nitrogen and oxygen atoms in total. The van der Waals surface area contributed by atoms with E-state index in [1.54, 1.807) is 36.4 Å². The highest BCUT2D eigenvalue weighted by molar-refractivity contribution is 6.24. The Kier molecular flexibility index (Phi) is 12.2. The van der Waals surface area contributed by atoms with Crippen LogP contribution in [0, 0.1) is 0 Å². The minimum absolute atomic E-state index is 0.124. The van der Waals surface area contributed by atoms with Crippen molar-refractivity contribution in [1.82, 2.24) is 9.88 Å². The maximum Gasteiger partial charge on any atom is 0.341 e. The summed E-state index contributed by atoms with van der Waals surface area (Å²) in [6.45, 7) is 1.02. The Morgan fingerprint density at radius 1 is 0.450 bits per heavy atom. The number of fused-ring (bicyclic) bond motifs is 3. The first kappa shape index (κ1) is 39.5. The van der Waals surface area contributed by atoms with Crippen LogP contribution in [0.15, 0.2) is 152 Å². The third kappa shape index (κ3) is 9.04. The second-order valence-corrected chi connectivity index (χ2v) is 14.5. The first-order valence-corrected chi connectivity index (χ1v) is 19.8. The first-order chi connectivity index (χ1) is 29.4. The molecule has 1 aliphatic heterocycles. The van der Waals surface area contributed by atoms with Crippen molar-refractivity contribution in [1.29, 1.82) is 0 Å². The molecule has 6 aromatic carbocycles. The number of hydrogen-bond acceptors (Lipinski definition) is 9. The van der Waals surface area contributed by atoms with Gasteiger partial charge in [-0.15, -0.1) is 0 Å². The van der Waals surface area contributed by atoms with Crippen LogP contribution in [-0.2, 0) is 64.9 Å². The van der Waals surface area contributed by atoms with Crippen molar-refractivity contribution in [2.75, 3.05) is 6.54 Å². The van der Waals surface area contributed by atoms with Crippen molar-refractivity contribution >= 4 is 34.8 Å². The molecular formula is C50H42N2O8. The number of carbonyl (C=O) groups excluding carboxylic acids is 4. The number of hydrogen-bond donors (Lipinski definition) is 1. The van der Waals surface area contributed by atoms with E-state index in [1.807, 2.05) is 115 Å². The van der Waals surface area contributed by atoms with Crippen molar-refractivity contribution < 1.29 is 38.1 Å². The van der Waals surface area contributed by atoms with E-state index in [2.05, 4.69) is 9.88 Å². The molecule has 0 saturated heterocycles. The van der Waals surface area contributed by atoms with Gasteiger partial charge in [0.05, 0.1) is 27.8 Å². The molecule has 1 aromatic heterocycles. The number of nitrogens with one attached hydrogen (secondary N) is 1. The molecule has 0 spiro atoms. The van der Waals surface area contributed by atoms with Gasteiger partial charge in [0, 0.05) is 37.1 Å². The van der Waals surface area contributed by atoms with Gasteiger partial charge in [0.1, 0.15) is 26.4 Å². The number of aromatic nitrogens is 1. The van der Waals surface area contributed by atoms with E-state index in [0.717, 1.165) is 11.3 Å². The lowest BCUT2D eigenvalue weighted by Gasteiger charge is -2.27. The molecule has 0 bridgehead atoms. The molecule has 0 saturated carbocycles. The lowest BCUT2D eigenvalue weighted by molar-refractivity contribution is 0.0392. The third-order valence-electron chi connectivity index (χ3n) is 10.4. The highest BCUT2D eigenvalue weighted by Gasteiger charge is 2.39. The van der Waals surface area contributed by atoms with Crippen molar-refractivity contribution in [3.63, 3.8) is 0 Å². The van der Waals surface area contributed by atoms with E-state index in [1.165, 1.54) is 0 Å². The quantitative estimate of drug-likeness (QED) is 0.0848. The van der Waals surface area contributed by atoms with E-state index in [-0.39, 0.29) is 48.5 Å². The van der Waals surface area contributed by atoms with Gasteiger partial charge in [0.25, 0.3) is 0 Å². The summed E-state index contributed by atoms with van der Waals surface area (Å²) in [7, 11) is 0. The molecule has 0 unspecified atom stereocenters. The Morgan fingerprint density at radius 2 is 0.800 bits per heavy atom. The Labute approximate surface area is 347 Å². The molecule has 60 heavy (non-hydrogen) atoms. The Morgan fingerprint density at radius 3 is 1.22 bits per heavy atom. The number of benzene rings is 6. The number of nitrogens with zero attached hydrogens (tertiary/aromatic N) is 1. The molecule has 7 aromatic rings. The number of H-pyrrole nitrogens is 1. The predicted molar refractivity (Wildman–Crippen MR) is 225 cm³/mol. The molecule has 8 rings (SSSR count). The summed E-state index contributed by atoms with van der Waals surface area (Å²) >= 11 is 0. The largest absolute Gasteiger partial charge is 0.457 e. The first-order valence-electron chi connectivity index (χ1n) is 19.8.